The monoisotopic (exact) mass is 606 g/mol. The largest absolute Gasteiger partial charge is 0.457 e. The standard InChI is InChI=1S/C42H30N4O/c1-23-17-31-29-15-13-27(21-33(29)41-43-35-9-5-7-11-37(35)45(41)39(31)19-25(23)3)47-28-14-16-30-32-18-24(2)26(4)20-40(32)46-38-12-8-6-10-36(38)44-42(46)34(30)22-28/h5-22H,1-4H3. The van der Waals surface area contributed by atoms with Crippen molar-refractivity contribution in [3.8, 4) is 11.5 Å². The average Bonchev–Trinajstić information content (AvgIpc) is 3.67. The molecule has 0 fully saturated rings. The minimum atomic E-state index is 0.769. The van der Waals surface area contributed by atoms with Crippen molar-refractivity contribution in [1.29, 1.82) is 0 Å². The third-order valence-electron chi connectivity index (χ3n) is 10.1. The lowest BCUT2D eigenvalue weighted by molar-refractivity contribution is 0.484. The maximum absolute atomic E-state index is 6.68. The van der Waals surface area contributed by atoms with E-state index in [1.807, 2.05) is 12.1 Å². The summed E-state index contributed by atoms with van der Waals surface area (Å²) >= 11 is 0. The number of rotatable bonds is 2. The van der Waals surface area contributed by atoms with Crippen LogP contribution < -0.4 is 4.74 Å². The van der Waals surface area contributed by atoms with Crippen LogP contribution in [0, 0.1) is 27.7 Å². The lowest BCUT2D eigenvalue weighted by Crippen LogP contribution is -1.95. The molecule has 0 saturated carbocycles. The van der Waals surface area contributed by atoms with E-state index in [2.05, 4.69) is 134 Å². The highest BCUT2D eigenvalue weighted by Gasteiger charge is 2.18. The number of aryl methyl sites for hydroxylation is 4. The van der Waals surface area contributed by atoms with E-state index >= 15 is 0 Å². The first-order chi connectivity index (χ1) is 22.9. The molecule has 0 bridgehead atoms. The van der Waals surface area contributed by atoms with Crippen molar-refractivity contribution in [2.75, 3.05) is 0 Å². The Balaban J connectivity index is 1.21. The van der Waals surface area contributed by atoms with Crippen LogP contribution in [0.5, 0.6) is 11.5 Å². The van der Waals surface area contributed by atoms with Crippen molar-refractivity contribution < 1.29 is 4.74 Å². The molecule has 0 aliphatic carbocycles. The Morgan fingerprint density at radius 1 is 0.404 bits per heavy atom. The molecule has 0 aliphatic heterocycles. The molecule has 10 rings (SSSR count). The van der Waals surface area contributed by atoms with E-state index in [1.54, 1.807) is 0 Å². The van der Waals surface area contributed by atoms with E-state index in [1.165, 1.54) is 54.8 Å². The van der Waals surface area contributed by atoms with Gasteiger partial charge < -0.3 is 4.74 Å². The lowest BCUT2D eigenvalue weighted by atomic mass is 10.0. The minimum Gasteiger partial charge on any atom is -0.457 e. The quantitative estimate of drug-likeness (QED) is 0.184. The zero-order valence-electron chi connectivity index (χ0n) is 26.6. The van der Waals surface area contributed by atoms with Crippen LogP contribution in [0.2, 0.25) is 0 Å². The fraction of sp³-hybridized carbons (Fsp3) is 0.0952. The predicted octanol–water partition coefficient (Wildman–Crippen LogP) is 10.9. The number of nitrogens with zero attached hydrogens (tertiary/aromatic N) is 4. The van der Waals surface area contributed by atoms with E-state index in [0.717, 1.165) is 55.6 Å². The van der Waals surface area contributed by atoms with Crippen LogP contribution in [0.25, 0.3) is 76.7 Å². The summed E-state index contributed by atoms with van der Waals surface area (Å²) in [6, 6.07) is 38.7. The summed E-state index contributed by atoms with van der Waals surface area (Å²) in [5.74, 6) is 1.54. The smallest absolute Gasteiger partial charge is 0.146 e. The van der Waals surface area contributed by atoms with Crippen LogP contribution in [0.15, 0.2) is 109 Å². The van der Waals surface area contributed by atoms with Gasteiger partial charge in [0.25, 0.3) is 0 Å². The minimum absolute atomic E-state index is 0.769. The average molecular weight is 607 g/mol. The van der Waals surface area contributed by atoms with Gasteiger partial charge in [-0.3, -0.25) is 8.80 Å². The number of para-hydroxylation sites is 4. The van der Waals surface area contributed by atoms with Gasteiger partial charge in [-0.25, -0.2) is 9.97 Å². The molecule has 0 unspecified atom stereocenters. The van der Waals surface area contributed by atoms with Gasteiger partial charge in [0.2, 0.25) is 0 Å². The molecule has 0 saturated heterocycles. The molecule has 0 aliphatic rings. The Hall–Kier alpha value is -5.94. The van der Waals surface area contributed by atoms with Gasteiger partial charge in [0, 0.05) is 21.5 Å². The van der Waals surface area contributed by atoms with Gasteiger partial charge in [-0.2, -0.15) is 0 Å². The van der Waals surface area contributed by atoms with Crippen LogP contribution >= 0.6 is 0 Å². The number of fused-ring (bicyclic) bond motifs is 16. The molecular weight excluding hydrogens is 576 g/mol. The summed E-state index contributed by atoms with van der Waals surface area (Å²) in [6.07, 6.45) is 0. The van der Waals surface area contributed by atoms with Crippen LogP contribution in [-0.2, 0) is 0 Å². The number of ether oxygens (including phenoxy) is 1. The molecule has 0 spiro atoms. The molecule has 5 heteroatoms. The number of imidazole rings is 2. The highest BCUT2D eigenvalue weighted by molar-refractivity contribution is 6.16. The summed E-state index contributed by atoms with van der Waals surface area (Å²) in [6.45, 7) is 8.71. The second-order valence-electron chi connectivity index (χ2n) is 12.9. The summed E-state index contributed by atoms with van der Waals surface area (Å²) in [7, 11) is 0. The summed E-state index contributed by atoms with van der Waals surface area (Å²) in [5, 5.41) is 6.88. The molecule has 0 atom stereocenters. The van der Waals surface area contributed by atoms with Crippen molar-refractivity contribution in [3.05, 3.63) is 131 Å². The first kappa shape index (κ1) is 26.3. The molecule has 0 radical (unpaired) electrons. The van der Waals surface area contributed by atoms with Crippen molar-refractivity contribution in [3.63, 3.8) is 0 Å². The third-order valence-corrected chi connectivity index (χ3v) is 10.1. The van der Waals surface area contributed by atoms with Crippen molar-refractivity contribution >= 4 is 76.7 Å². The summed E-state index contributed by atoms with van der Waals surface area (Å²) in [4.78, 5) is 10.3. The van der Waals surface area contributed by atoms with Crippen molar-refractivity contribution in [1.82, 2.24) is 18.8 Å². The number of hydrogen-bond acceptors (Lipinski definition) is 3. The van der Waals surface area contributed by atoms with Crippen LogP contribution in [0.1, 0.15) is 22.3 Å². The Bertz CT molecular complexity index is 2780. The lowest BCUT2D eigenvalue weighted by Gasteiger charge is -2.14. The first-order valence-corrected chi connectivity index (χ1v) is 16.1. The highest BCUT2D eigenvalue weighted by atomic mass is 16.5. The number of pyridine rings is 2. The predicted molar refractivity (Wildman–Crippen MR) is 194 cm³/mol. The van der Waals surface area contributed by atoms with E-state index in [9.17, 15) is 0 Å². The van der Waals surface area contributed by atoms with Gasteiger partial charge >= 0.3 is 0 Å². The molecule has 6 aromatic carbocycles. The van der Waals surface area contributed by atoms with Crippen LogP contribution in [0.3, 0.4) is 0 Å². The maximum Gasteiger partial charge on any atom is 0.146 e. The number of hydrogen-bond donors (Lipinski definition) is 0. The molecule has 47 heavy (non-hydrogen) atoms. The molecule has 4 heterocycles. The van der Waals surface area contributed by atoms with Crippen molar-refractivity contribution in [2.45, 2.75) is 27.7 Å². The van der Waals surface area contributed by atoms with Gasteiger partial charge in [0.1, 0.15) is 22.8 Å². The van der Waals surface area contributed by atoms with Crippen LogP contribution in [-0.4, -0.2) is 18.8 Å². The maximum atomic E-state index is 6.68. The van der Waals surface area contributed by atoms with E-state index < -0.39 is 0 Å². The third kappa shape index (κ3) is 3.65. The Morgan fingerprint density at radius 2 is 0.830 bits per heavy atom. The molecule has 4 aromatic heterocycles. The first-order valence-electron chi connectivity index (χ1n) is 16.1. The SMILES string of the molecule is Cc1cc2c3ccc(Oc4ccc5c6cc(C)c(C)cc6n6c7ccccc7nc6c5c4)cc3c3nc4ccccc4n3c2cc1C. The normalized spacial score (nSPS) is 12.3. The molecule has 0 N–H and O–H groups in total. The number of aromatic nitrogens is 4. The highest BCUT2D eigenvalue weighted by Crippen LogP contribution is 2.39. The van der Waals surface area contributed by atoms with E-state index in [-0.39, 0.29) is 0 Å². The molecular formula is C42H30N4O. The van der Waals surface area contributed by atoms with E-state index in [0.29, 0.717) is 0 Å². The topological polar surface area (TPSA) is 43.8 Å². The molecule has 10 aromatic rings. The second kappa shape index (κ2) is 9.30. The summed E-state index contributed by atoms with van der Waals surface area (Å²) < 4.78 is 11.3. The van der Waals surface area contributed by atoms with Gasteiger partial charge in [-0.05, 0) is 146 Å². The Labute approximate surface area is 270 Å². The Kier molecular flexibility index (Phi) is 5.20. The zero-order chi connectivity index (χ0) is 31.6. The van der Waals surface area contributed by atoms with E-state index in [4.69, 9.17) is 14.7 Å². The fourth-order valence-electron chi connectivity index (χ4n) is 7.45. The number of benzene rings is 6. The molecule has 5 nitrogen and oxygen atoms in total. The van der Waals surface area contributed by atoms with Crippen LogP contribution in [0.4, 0.5) is 0 Å². The van der Waals surface area contributed by atoms with Gasteiger partial charge in [-0.1, -0.05) is 24.3 Å². The fourth-order valence-corrected chi connectivity index (χ4v) is 7.45. The van der Waals surface area contributed by atoms with Gasteiger partial charge in [0.05, 0.1) is 33.1 Å². The zero-order valence-corrected chi connectivity index (χ0v) is 26.6. The van der Waals surface area contributed by atoms with Gasteiger partial charge in [-0.15, -0.1) is 0 Å². The van der Waals surface area contributed by atoms with Crippen molar-refractivity contribution in [2.24, 2.45) is 0 Å². The van der Waals surface area contributed by atoms with Gasteiger partial charge in [0.15, 0.2) is 0 Å². The molecule has 0 amide bonds. The second-order valence-corrected chi connectivity index (χ2v) is 12.9. The summed E-state index contributed by atoms with van der Waals surface area (Å²) in [5.41, 5.74) is 13.5. The Morgan fingerprint density at radius 3 is 1.30 bits per heavy atom. The molecule has 224 valence electrons.